The molecule has 0 aliphatic carbocycles. The van der Waals surface area contributed by atoms with E-state index in [0.29, 0.717) is 6.42 Å². The summed E-state index contributed by atoms with van der Waals surface area (Å²) in [6.07, 6.45) is 3.43. The van der Waals surface area contributed by atoms with Gasteiger partial charge in [0.25, 0.3) is 0 Å². The zero-order valence-electron chi connectivity index (χ0n) is 11.0. The lowest BCUT2D eigenvalue weighted by Gasteiger charge is -2.10. The monoisotopic (exact) mass is 325 g/mol. The number of nitrogens with one attached hydrogen (secondary N) is 1. The first-order chi connectivity index (χ1) is 9.44. The van der Waals surface area contributed by atoms with E-state index < -0.39 is 38.7 Å². The van der Waals surface area contributed by atoms with Gasteiger partial charge in [-0.3, -0.25) is 0 Å². The SMILES string of the molecule is CSCCCCNS(=O)(=O)c1ccc(F)c(CO)c1F. The number of aliphatic hydroxyl groups is 1. The minimum Gasteiger partial charge on any atom is -0.391 e. The smallest absolute Gasteiger partial charge is 0.243 e. The van der Waals surface area contributed by atoms with Gasteiger partial charge in [0, 0.05) is 6.54 Å². The second kappa shape index (κ2) is 7.92. The van der Waals surface area contributed by atoms with Crippen LogP contribution in [-0.2, 0) is 16.6 Å². The Morgan fingerprint density at radius 1 is 1.30 bits per heavy atom. The normalized spacial score (nSPS) is 11.8. The fraction of sp³-hybridized carbons (Fsp3) is 0.500. The highest BCUT2D eigenvalue weighted by molar-refractivity contribution is 7.98. The Hall–Kier alpha value is -0.700. The Labute approximate surface area is 121 Å². The fourth-order valence-electron chi connectivity index (χ4n) is 1.58. The first-order valence-electron chi connectivity index (χ1n) is 6.00. The second-order valence-corrected chi connectivity index (χ2v) is 6.81. The molecule has 1 aromatic carbocycles. The van der Waals surface area contributed by atoms with Crippen molar-refractivity contribution in [3.05, 3.63) is 29.3 Å². The number of sulfonamides is 1. The zero-order chi connectivity index (χ0) is 15.2. The molecule has 1 aromatic rings. The van der Waals surface area contributed by atoms with Crippen LogP contribution in [0.4, 0.5) is 8.78 Å². The summed E-state index contributed by atoms with van der Waals surface area (Å²) in [7, 11) is -4.04. The van der Waals surface area contributed by atoms with Crippen molar-refractivity contribution in [1.82, 2.24) is 4.72 Å². The quantitative estimate of drug-likeness (QED) is 0.716. The predicted molar refractivity (Wildman–Crippen MR) is 75.1 cm³/mol. The molecule has 0 aliphatic rings. The van der Waals surface area contributed by atoms with E-state index in [4.69, 9.17) is 5.11 Å². The van der Waals surface area contributed by atoms with Crippen molar-refractivity contribution >= 4 is 21.8 Å². The maximum atomic E-state index is 13.8. The van der Waals surface area contributed by atoms with Crippen molar-refractivity contribution in [3.8, 4) is 0 Å². The molecule has 1 rings (SSSR count). The molecule has 0 atom stereocenters. The molecular weight excluding hydrogens is 308 g/mol. The van der Waals surface area contributed by atoms with Gasteiger partial charge in [0.2, 0.25) is 10.0 Å². The van der Waals surface area contributed by atoms with E-state index in [1.807, 2.05) is 6.26 Å². The minimum atomic E-state index is -4.04. The van der Waals surface area contributed by atoms with E-state index in [-0.39, 0.29) is 6.54 Å². The number of thioether (sulfide) groups is 1. The highest BCUT2D eigenvalue weighted by Gasteiger charge is 2.22. The molecule has 0 heterocycles. The molecule has 114 valence electrons. The summed E-state index contributed by atoms with van der Waals surface area (Å²) in [4.78, 5) is -0.646. The van der Waals surface area contributed by atoms with Crippen LogP contribution in [0.2, 0.25) is 0 Å². The van der Waals surface area contributed by atoms with E-state index in [0.717, 1.165) is 24.3 Å². The van der Waals surface area contributed by atoms with Crippen molar-refractivity contribution < 1.29 is 22.3 Å². The van der Waals surface area contributed by atoms with Crippen LogP contribution >= 0.6 is 11.8 Å². The maximum Gasteiger partial charge on any atom is 0.243 e. The lowest BCUT2D eigenvalue weighted by Crippen LogP contribution is -2.26. The molecule has 0 amide bonds. The number of benzene rings is 1. The van der Waals surface area contributed by atoms with Gasteiger partial charge in [0.15, 0.2) is 5.82 Å². The Morgan fingerprint density at radius 3 is 2.60 bits per heavy atom. The van der Waals surface area contributed by atoms with Crippen LogP contribution in [0.15, 0.2) is 17.0 Å². The third-order valence-electron chi connectivity index (χ3n) is 2.67. The highest BCUT2D eigenvalue weighted by atomic mass is 32.2. The van der Waals surface area contributed by atoms with Crippen LogP contribution in [0.5, 0.6) is 0 Å². The summed E-state index contributed by atoms with van der Waals surface area (Å²) >= 11 is 1.66. The first kappa shape index (κ1) is 17.4. The molecule has 2 N–H and O–H groups in total. The Bertz CT molecular complexity index is 550. The third-order valence-corrected chi connectivity index (χ3v) is 4.84. The summed E-state index contributed by atoms with van der Waals surface area (Å²) in [5, 5.41) is 8.87. The summed E-state index contributed by atoms with van der Waals surface area (Å²) in [6, 6.07) is 1.69. The number of halogens is 2. The highest BCUT2D eigenvalue weighted by Crippen LogP contribution is 2.21. The molecule has 0 saturated heterocycles. The zero-order valence-corrected chi connectivity index (χ0v) is 12.7. The molecule has 20 heavy (non-hydrogen) atoms. The van der Waals surface area contributed by atoms with Crippen LogP contribution in [0.3, 0.4) is 0 Å². The lowest BCUT2D eigenvalue weighted by molar-refractivity contribution is 0.267. The fourth-order valence-corrected chi connectivity index (χ4v) is 3.25. The van der Waals surface area contributed by atoms with Gasteiger partial charge in [-0.05, 0) is 37.0 Å². The molecule has 0 bridgehead atoms. The van der Waals surface area contributed by atoms with Gasteiger partial charge in [-0.2, -0.15) is 11.8 Å². The Morgan fingerprint density at radius 2 is 2.00 bits per heavy atom. The number of rotatable bonds is 8. The van der Waals surface area contributed by atoms with Crippen molar-refractivity contribution in [1.29, 1.82) is 0 Å². The number of unbranched alkanes of at least 4 members (excludes halogenated alkanes) is 1. The molecule has 0 fully saturated rings. The van der Waals surface area contributed by atoms with Gasteiger partial charge < -0.3 is 5.11 Å². The Balaban J connectivity index is 2.83. The van der Waals surface area contributed by atoms with Gasteiger partial charge in [-0.15, -0.1) is 0 Å². The second-order valence-electron chi connectivity index (χ2n) is 4.09. The summed E-state index contributed by atoms with van der Waals surface area (Å²) < 4.78 is 53.1. The van der Waals surface area contributed by atoms with Crippen LogP contribution in [-0.4, -0.2) is 32.1 Å². The van der Waals surface area contributed by atoms with Gasteiger partial charge in [-0.1, -0.05) is 0 Å². The van der Waals surface area contributed by atoms with E-state index in [1.54, 1.807) is 11.8 Å². The number of hydrogen-bond acceptors (Lipinski definition) is 4. The molecule has 0 radical (unpaired) electrons. The van der Waals surface area contributed by atoms with Crippen LogP contribution < -0.4 is 4.72 Å². The molecule has 4 nitrogen and oxygen atoms in total. The van der Waals surface area contributed by atoms with Crippen molar-refractivity contribution in [3.63, 3.8) is 0 Å². The minimum absolute atomic E-state index is 0.189. The van der Waals surface area contributed by atoms with E-state index in [1.165, 1.54) is 0 Å². The van der Waals surface area contributed by atoms with E-state index >= 15 is 0 Å². The van der Waals surface area contributed by atoms with E-state index in [9.17, 15) is 17.2 Å². The molecular formula is C12H17F2NO3S2. The van der Waals surface area contributed by atoms with Crippen LogP contribution in [0.1, 0.15) is 18.4 Å². The molecule has 0 saturated carbocycles. The lowest BCUT2D eigenvalue weighted by atomic mass is 10.2. The maximum absolute atomic E-state index is 13.8. The molecule has 0 unspecified atom stereocenters. The standard InChI is InChI=1S/C12H17F2NO3S2/c1-19-7-3-2-6-15-20(17,18)11-5-4-10(13)9(8-16)12(11)14/h4-5,15-16H,2-3,6-8H2,1H3. The molecule has 0 aliphatic heterocycles. The Kier molecular flexibility index (Phi) is 6.87. The summed E-state index contributed by atoms with van der Waals surface area (Å²) in [5.41, 5.74) is -0.643. The molecule has 0 spiro atoms. The van der Waals surface area contributed by atoms with Crippen molar-refractivity contribution in [2.45, 2.75) is 24.3 Å². The topological polar surface area (TPSA) is 66.4 Å². The summed E-state index contributed by atoms with van der Waals surface area (Å²) in [6.45, 7) is -0.705. The summed E-state index contributed by atoms with van der Waals surface area (Å²) in [5.74, 6) is -1.30. The largest absolute Gasteiger partial charge is 0.391 e. The average Bonchev–Trinajstić information content (AvgIpc) is 2.38. The number of hydrogen-bond donors (Lipinski definition) is 2. The van der Waals surface area contributed by atoms with Crippen molar-refractivity contribution in [2.75, 3.05) is 18.6 Å². The van der Waals surface area contributed by atoms with Crippen LogP contribution in [0.25, 0.3) is 0 Å². The average molecular weight is 325 g/mol. The van der Waals surface area contributed by atoms with Gasteiger partial charge in [-0.25, -0.2) is 21.9 Å². The first-order valence-corrected chi connectivity index (χ1v) is 8.88. The third kappa shape index (κ3) is 4.41. The van der Waals surface area contributed by atoms with E-state index in [2.05, 4.69) is 4.72 Å². The predicted octanol–water partition coefficient (Wildman–Crippen LogP) is 1.88. The van der Waals surface area contributed by atoms with Gasteiger partial charge >= 0.3 is 0 Å². The van der Waals surface area contributed by atoms with Gasteiger partial charge in [0.1, 0.15) is 10.7 Å². The number of aliphatic hydroxyl groups excluding tert-OH is 1. The van der Waals surface area contributed by atoms with Gasteiger partial charge in [0.05, 0.1) is 12.2 Å². The molecule has 0 aromatic heterocycles. The van der Waals surface area contributed by atoms with Crippen LogP contribution in [0, 0.1) is 11.6 Å². The van der Waals surface area contributed by atoms with Crippen molar-refractivity contribution in [2.24, 2.45) is 0 Å². The molecule has 8 heteroatoms.